The predicted molar refractivity (Wildman–Crippen MR) is 101 cm³/mol. The first-order chi connectivity index (χ1) is 13.1. The number of carbonyl (C=O) groups is 2. The maximum Gasteiger partial charge on any atom is 0.342 e. The Kier molecular flexibility index (Phi) is 5.61. The molecule has 138 valence electrons. The van der Waals surface area contributed by atoms with Crippen molar-refractivity contribution in [2.75, 3.05) is 11.9 Å². The van der Waals surface area contributed by atoms with Gasteiger partial charge in [-0.15, -0.1) is 0 Å². The Hall–Kier alpha value is -3.48. The average molecular weight is 364 g/mol. The molecule has 0 fully saturated rings. The molecule has 0 saturated carbocycles. The third-order valence-electron chi connectivity index (χ3n) is 3.96. The van der Waals surface area contributed by atoms with Crippen molar-refractivity contribution >= 4 is 17.6 Å². The number of aromatic nitrogens is 3. The summed E-state index contributed by atoms with van der Waals surface area (Å²) in [6, 6.07) is 12.8. The Morgan fingerprint density at radius 3 is 2.59 bits per heavy atom. The van der Waals surface area contributed by atoms with Gasteiger partial charge in [0.05, 0.1) is 11.9 Å². The zero-order valence-electron chi connectivity index (χ0n) is 15.2. The number of benzene rings is 1. The number of hydrogen-bond acceptors (Lipinski definition) is 5. The molecule has 3 aromatic rings. The van der Waals surface area contributed by atoms with Crippen molar-refractivity contribution in [1.29, 1.82) is 0 Å². The van der Waals surface area contributed by atoms with Crippen LogP contribution in [-0.4, -0.2) is 33.2 Å². The molecule has 1 aromatic carbocycles. The van der Waals surface area contributed by atoms with E-state index < -0.39 is 11.9 Å². The number of rotatable bonds is 6. The van der Waals surface area contributed by atoms with Crippen LogP contribution in [0.1, 0.15) is 28.5 Å². The van der Waals surface area contributed by atoms with Gasteiger partial charge in [0.2, 0.25) is 0 Å². The standard InChI is InChI=1S/C20H20N4O3/c1-3-17-16(12-22-24(17)18-6-4-5-11-21-18)20(26)27-13-19(25)23-15-9-7-14(2)8-10-15/h4-12H,3,13H2,1-2H3,(H,23,25). The van der Waals surface area contributed by atoms with Crippen LogP contribution in [0.2, 0.25) is 0 Å². The number of aryl methyl sites for hydroxylation is 1. The minimum atomic E-state index is -0.590. The number of carbonyl (C=O) groups excluding carboxylic acids is 2. The van der Waals surface area contributed by atoms with E-state index in [-0.39, 0.29) is 6.61 Å². The molecule has 0 saturated heterocycles. The summed E-state index contributed by atoms with van der Waals surface area (Å²) in [5, 5.41) is 6.92. The number of nitrogens with zero attached hydrogens (tertiary/aromatic N) is 3. The molecule has 2 aromatic heterocycles. The maximum atomic E-state index is 12.4. The van der Waals surface area contributed by atoms with Crippen molar-refractivity contribution in [2.45, 2.75) is 20.3 Å². The maximum absolute atomic E-state index is 12.4. The molecule has 0 bridgehead atoms. The fourth-order valence-electron chi connectivity index (χ4n) is 2.60. The van der Waals surface area contributed by atoms with E-state index in [4.69, 9.17) is 4.74 Å². The first-order valence-corrected chi connectivity index (χ1v) is 8.60. The van der Waals surface area contributed by atoms with Crippen LogP contribution in [0.3, 0.4) is 0 Å². The van der Waals surface area contributed by atoms with Crippen molar-refractivity contribution in [1.82, 2.24) is 14.8 Å². The molecule has 3 rings (SSSR count). The van der Waals surface area contributed by atoms with Gasteiger partial charge in [0.15, 0.2) is 12.4 Å². The summed E-state index contributed by atoms with van der Waals surface area (Å²) in [5.41, 5.74) is 2.75. The van der Waals surface area contributed by atoms with Crippen LogP contribution in [-0.2, 0) is 16.0 Å². The van der Waals surface area contributed by atoms with Crippen molar-refractivity contribution < 1.29 is 14.3 Å². The topological polar surface area (TPSA) is 86.1 Å². The summed E-state index contributed by atoms with van der Waals surface area (Å²) in [4.78, 5) is 28.6. The Balaban J connectivity index is 1.65. The number of anilines is 1. The number of nitrogens with one attached hydrogen (secondary N) is 1. The lowest BCUT2D eigenvalue weighted by molar-refractivity contribution is -0.119. The van der Waals surface area contributed by atoms with Gasteiger partial charge in [-0.05, 0) is 37.6 Å². The van der Waals surface area contributed by atoms with Crippen molar-refractivity contribution in [3.05, 3.63) is 71.7 Å². The summed E-state index contributed by atoms with van der Waals surface area (Å²) in [6.45, 7) is 3.51. The van der Waals surface area contributed by atoms with Crippen LogP contribution in [0.15, 0.2) is 54.9 Å². The lowest BCUT2D eigenvalue weighted by Crippen LogP contribution is -2.21. The van der Waals surface area contributed by atoms with Gasteiger partial charge in [-0.3, -0.25) is 4.79 Å². The molecule has 0 aliphatic rings. The molecular weight excluding hydrogens is 344 g/mol. The second-order valence-corrected chi connectivity index (χ2v) is 5.95. The molecule has 1 N–H and O–H groups in total. The molecule has 0 radical (unpaired) electrons. The quantitative estimate of drug-likeness (QED) is 0.680. The van der Waals surface area contributed by atoms with Gasteiger partial charge in [0.1, 0.15) is 5.56 Å². The Bertz CT molecular complexity index is 934. The number of amides is 1. The molecule has 2 heterocycles. The number of hydrogen-bond donors (Lipinski definition) is 1. The Labute approximate surface area is 157 Å². The molecule has 7 nitrogen and oxygen atoms in total. The molecule has 0 unspecified atom stereocenters. The van der Waals surface area contributed by atoms with Gasteiger partial charge in [0, 0.05) is 11.9 Å². The summed E-state index contributed by atoms with van der Waals surface area (Å²) >= 11 is 0. The van der Waals surface area contributed by atoms with Gasteiger partial charge in [-0.1, -0.05) is 30.7 Å². The van der Waals surface area contributed by atoms with E-state index in [9.17, 15) is 9.59 Å². The second kappa shape index (κ2) is 8.27. The molecule has 0 aliphatic heterocycles. The van der Waals surface area contributed by atoms with Crippen LogP contribution >= 0.6 is 0 Å². The van der Waals surface area contributed by atoms with Gasteiger partial charge in [-0.25, -0.2) is 14.5 Å². The zero-order chi connectivity index (χ0) is 19.2. The van der Waals surface area contributed by atoms with Crippen LogP contribution in [0.4, 0.5) is 5.69 Å². The first kappa shape index (κ1) is 18.3. The smallest absolute Gasteiger partial charge is 0.342 e. The molecule has 0 aliphatic carbocycles. The van der Waals surface area contributed by atoms with E-state index in [1.807, 2.05) is 32.0 Å². The fourth-order valence-corrected chi connectivity index (χ4v) is 2.60. The average Bonchev–Trinajstić information content (AvgIpc) is 3.13. The number of ether oxygens (including phenoxy) is 1. The van der Waals surface area contributed by atoms with Crippen LogP contribution in [0.5, 0.6) is 0 Å². The van der Waals surface area contributed by atoms with Crippen molar-refractivity contribution in [2.24, 2.45) is 0 Å². The molecule has 0 spiro atoms. The monoisotopic (exact) mass is 364 g/mol. The van der Waals surface area contributed by atoms with E-state index in [0.717, 1.165) is 5.56 Å². The summed E-state index contributed by atoms with van der Waals surface area (Å²) in [5.74, 6) is -0.374. The van der Waals surface area contributed by atoms with Crippen molar-refractivity contribution in [3.63, 3.8) is 0 Å². The van der Waals surface area contributed by atoms with Gasteiger partial charge >= 0.3 is 5.97 Å². The normalized spacial score (nSPS) is 10.4. The minimum absolute atomic E-state index is 0.325. The highest BCUT2D eigenvalue weighted by molar-refractivity contribution is 5.95. The van der Waals surface area contributed by atoms with Crippen LogP contribution in [0.25, 0.3) is 5.82 Å². The largest absolute Gasteiger partial charge is 0.452 e. The summed E-state index contributed by atoms with van der Waals surface area (Å²) in [7, 11) is 0. The number of esters is 1. The zero-order valence-corrected chi connectivity index (χ0v) is 15.2. The Morgan fingerprint density at radius 1 is 1.15 bits per heavy atom. The molecule has 1 amide bonds. The van der Waals surface area contributed by atoms with E-state index in [0.29, 0.717) is 29.2 Å². The van der Waals surface area contributed by atoms with Gasteiger partial charge in [-0.2, -0.15) is 5.10 Å². The lowest BCUT2D eigenvalue weighted by atomic mass is 10.2. The summed E-state index contributed by atoms with van der Waals surface area (Å²) < 4.78 is 6.75. The highest BCUT2D eigenvalue weighted by Crippen LogP contribution is 2.15. The van der Waals surface area contributed by atoms with Gasteiger partial charge in [0.25, 0.3) is 5.91 Å². The first-order valence-electron chi connectivity index (χ1n) is 8.60. The highest BCUT2D eigenvalue weighted by Gasteiger charge is 2.19. The second-order valence-electron chi connectivity index (χ2n) is 5.95. The van der Waals surface area contributed by atoms with E-state index in [1.165, 1.54) is 6.20 Å². The fraction of sp³-hybridized carbons (Fsp3) is 0.200. The lowest BCUT2D eigenvalue weighted by Gasteiger charge is -2.08. The number of pyridine rings is 1. The highest BCUT2D eigenvalue weighted by atomic mass is 16.5. The molecule has 0 atom stereocenters. The third kappa shape index (κ3) is 4.38. The molecular formula is C20H20N4O3. The van der Waals surface area contributed by atoms with E-state index in [2.05, 4.69) is 15.4 Å². The van der Waals surface area contributed by atoms with Crippen LogP contribution < -0.4 is 5.32 Å². The van der Waals surface area contributed by atoms with Crippen molar-refractivity contribution in [3.8, 4) is 5.82 Å². The SMILES string of the molecule is CCc1c(C(=O)OCC(=O)Nc2ccc(C)cc2)cnn1-c1ccccn1. The van der Waals surface area contributed by atoms with E-state index >= 15 is 0 Å². The molecule has 27 heavy (non-hydrogen) atoms. The van der Waals surface area contributed by atoms with Gasteiger partial charge < -0.3 is 10.1 Å². The minimum Gasteiger partial charge on any atom is -0.452 e. The summed E-state index contributed by atoms with van der Waals surface area (Å²) in [6.07, 6.45) is 3.66. The third-order valence-corrected chi connectivity index (χ3v) is 3.96. The molecule has 7 heteroatoms. The van der Waals surface area contributed by atoms with Crippen LogP contribution in [0, 0.1) is 6.92 Å². The van der Waals surface area contributed by atoms with E-state index in [1.54, 1.807) is 35.1 Å². The predicted octanol–water partition coefficient (Wildman–Crippen LogP) is 2.93. The Morgan fingerprint density at radius 2 is 1.93 bits per heavy atom.